The topological polar surface area (TPSA) is 100 Å². The summed E-state index contributed by atoms with van der Waals surface area (Å²) in [5.41, 5.74) is 10.7. The molecule has 36 heavy (non-hydrogen) atoms. The molecule has 0 radical (unpaired) electrons. The molecule has 3 heterocycles. The van der Waals surface area contributed by atoms with Gasteiger partial charge in [0.15, 0.2) is 0 Å². The summed E-state index contributed by atoms with van der Waals surface area (Å²) < 4.78 is 16.3. The van der Waals surface area contributed by atoms with E-state index in [1.165, 1.54) is 17.7 Å². The summed E-state index contributed by atoms with van der Waals surface area (Å²) in [6.07, 6.45) is 5.03. The minimum Gasteiger partial charge on any atom is -0.337 e. The Labute approximate surface area is 209 Å². The van der Waals surface area contributed by atoms with Crippen LogP contribution in [0.2, 0.25) is 0 Å². The molecule has 2 aliphatic heterocycles. The monoisotopic (exact) mass is 484 g/mol. The molecule has 7 nitrogen and oxygen atoms in total. The molecule has 184 valence electrons. The number of carbonyl (C=O) groups excluding carboxylic acids is 1. The first kappa shape index (κ1) is 23.9. The predicted molar refractivity (Wildman–Crippen MR) is 137 cm³/mol. The lowest BCUT2D eigenvalue weighted by Crippen LogP contribution is -2.43. The molecule has 1 amide bonds. The van der Waals surface area contributed by atoms with Gasteiger partial charge in [0.05, 0.1) is 16.8 Å². The fraction of sp³-hybridized carbons (Fsp3) is 0.357. The normalized spacial score (nSPS) is 18.6. The number of carbonyl (C=O) groups is 1. The smallest absolute Gasteiger partial charge is 0.272 e. The van der Waals surface area contributed by atoms with E-state index in [0.29, 0.717) is 30.1 Å². The number of aliphatic imine (C=N–C) groups is 1. The van der Waals surface area contributed by atoms with Crippen molar-refractivity contribution in [2.75, 3.05) is 13.1 Å². The molecule has 1 aromatic heterocycles. The highest BCUT2D eigenvalue weighted by Gasteiger charge is 2.34. The highest BCUT2D eigenvalue weighted by atomic mass is 19.1. The van der Waals surface area contributed by atoms with Crippen LogP contribution in [0.4, 0.5) is 4.39 Å². The van der Waals surface area contributed by atoms with Crippen molar-refractivity contribution in [2.24, 2.45) is 23.7 Å². The Hall–Kier alpha value is -3.83. The van der Waals surface area contributed by atoms with Gasteiger partial charge in [-0.15, -0.1) is 0 Å². The number of nitrogens with zero attached hydrogens (tertiary/aromatic N) is 5. The van der Waals surface area contributed by atoms with Gasteiger partial charge in [-0.2, -0.15) is 10.4 Å². The molecular weight excluding hydrogens is 455 g/mol. The molecule has 8 heteroatoms. The number of nitrogens with two attached hydrogens (primary N) is 1. The molecule has 2 N–H and O–H groups in total. The number of benzene rings is 2. The van der Waals surface area contributed by atoms with Crippen molar-refractivity contribution in [3.05, 3.63) is 76.4 Å². The molecule has 2 aliphatic rings. The van der Waals surface area contributed by atoms with E-state index in [0.717, 1.165) is 42.2 Å². The van der Waals surface area contributed by atoms with Crippen molar-refractivity contribution in [3.63, 3.8) is 0 Å². The summed E-state index contributed by atoms with van der Waals surface area (Å²) in [7, 11) is 1.90. The molecule has 0 spiro atoms. The average Bonchev–Trinajstić information content (AvgIpc) is 3.40. The highest BCUT2D eigenvalue weighted by Crippen LogP contribution is 2.34. The van der Waals surface area contributed by atoms with Gasteiger partial charge in [-0.1, -0.05) is 12.1 Å². The molecule has 5 rings (SSSR count). The summed E-state index contributed by atoms with van der Waals surface area (Å²) >= 11 is 0. The number of aryl methyl sites for hydroxylation is 2. The van der Waals surface area contributed by atoms with Crippen molar-refractivity contribution < 1.29 is 9.18 Å². The van der Waals surface area contributed by atoms with Gasteiger partial charge in [0.1, 0.15) is 17.6 Å². The van der Waals surface area contributed by atoms with Crippen molar-refractivity contribution in [1.29, 1.82) is 5.26 Å². The van der Waals surface area contributed by atoms with Gasteiger partial charge >= 0.3 is 0 Å². The first-order chi connectivity index (χ1) is 17.3. The average molecular weight is 485 g/mol. The number of hydrogen-bond acceptors (Lipinski definition) is 5. The standard InChI is InChI=1S/C28H29FN6O/c1-17-23(7-3-18-4-8-25-21(13-18)16-34(2)33-25)27(19-5-6-20(15-30)24(29)14-19)32-26(17)28(36)35-11-9-22(31)10-12-35/h4-6,8,13-14,16,22-23H,3,7,9-12,31H2,1-2H3. The minimum absolute atomic E-state index is 0.00990. The maximum Gasteiger partial charge on any atom is 0.272 e. The maximum absolute atomic E-state index is 14.5. The third-order valence-electron chi connectivity index (χ3n) is 7.28. The zero-order valence-electron chi connectivity index (χ0n) is 20.5. The van der Waals surface area contributed by atoms with Gasteiger partial charge in [-0.3, -0.25) is 9.48 Å². The molecule has 1 fully saturated rings. The number of aromatic nitrogens is 2. The zero-order valence-corrected chi connectivity index (χ0v) is 20.5. The van der Waals surface area contributed by atoms with Gasteiger partial charge in [0.2, 0.25) is 0 Å². The second-order valence-corrected chi connectivity index (χ2v) is 9.75. The van der Waals surface area contributed by atoms with Crippen LogP contribution < -0.4 is 5.73 Å². The number of halogens is 1. The molecular formula is C28H29FN6O. The Bertz CT molecular complexity index is 1440. The molecule has 1 unspecified atom stereocenters. The number of hydrogen-bond donors (Lipinski definition) is 1. The van der Waals surface area contributed by atoms with Crippen LogP contribution in [0.3, 0.4) is 0 Å². The lowest BCUT2D eigenvalue weighted by Gasteiger charge is -2.30. The van der Waals surface area contributed by atoms with Gasteiger partial charge < -0.3 is 10.6 Å². The van der Waals surface area contributed by atoms with Gasteiger partial charge in [-0.25, -0.2) is 9.38 Å². The van der Waals surface area contributed by atoms with E-state index in [4.69, 9.17) is 16.0 Å². The van der Waals surface area contributed by atoms with Crippen LogP contribution in [-0.2, 0) is 18.3 Å². The van der Waals surface area contributed by atoms with Crippen LogP contribution >= 0.6 is 0 Å². The predicted octanol–water partition coefficient (Wildman–Crippen LogP) is 3.86. The second-order valence-electron chi connectivity index (χ2n) is 9.75. The Morgan fingerprint density at radius 1 is 1.22 bits per heavy atom. The van der Waals surface area contributed by atoms with Crippen LogP contribution in [0.25, 0.3) is 10.9 Å². The number of fused-ring (bicyclic) bond motifs is 1. The Morgan fingerprint density at radius 3 is 2.72 bits per heavy atom. The molecule has 1 atom stereocenters. The van der Waals surface area contributed by atoms with Crippen LogP contribution in [0.15, 0.2) is 58.9 Å². The second kappa shape index (κ2) is 9.67. The number of likely N-dealkylation sites (tertiary alicyclic amines) is 1. The molecule has 0 saturated carbocycles. The third kappa shape index (κ3) is 4.54. The maximum atomic E-state index is 14.5. The minimum atomic E-state index is -0.582. The number of amides is 1. The summed E-state index contributed by atoms with van der Waals surface area (Å²) in [5.74, 6) is -0.806. The van der Waals surface area contributed by atoms with Crippen molar-refractivity contribution in [1.82, 2.24) is 14.7 Å². The number of nitriles is 1. The van der Waals surface area contributed by atoms with Crippen LogP contribution in [0.5, 0.6) is 0 Å². The lowest BCUT2D eigenvalue weighted by atomic mass is 9.86. The molecule has 0 aliphatic carbocycles. The summed E-state index contributed by atoms with van der Waals surface area (Å²) in [6.45, 7) is 3.18. The van der Waals surface area contributed by atoms with E-state index in [-0.39, 0.29) is 23.4 Å². The molecule has 1 saturated heterocycles. The number of rotatable bonds is 5. The van der Waals surface area contributed by atoms with E-state index in [1.54, 1.807) is 10.7 Å². The van der Waals surface area contributed by atoms with E-state index < -0.39 is 5.82 Å². The zero-order chi connectivity index (χ0) is 25.4. The first-order valence-corrected chi connectivity index (χ1v) is 12.3. The van der Waals surface area contributed by atoms with E-state index >= 15 is 0 Å². The highest BCUT2D eigenvalue weighted by molar-refractivity contribution is 6.11. The molecule has 0 bridgehead atoms. The Kier molecular flexibility index (Phi) is 6.42. The largest absolute Gasteiger partial charge is 0.337 e. The quantitative estimate of drug-likeness (QED) is 0.594. The first-order valence-electron chi connectivity index (χ1n) is 12.3. The van der Waals surface area contributed by atoms with E-state index in [2.05, 4.69) is 17.2 Å². The third-order valence-corrected chi connectivity index (χ3v) is 7.28. The van der Waals surface area contributed by atoms with Crippen LogP contribution in [-0.4, -0.2) is 45.4 Å². The van der Waals surface area contributed by atoms with Crippen molar-refractivity contribution >= 4 is 22.5 Å². The van der Waals surface area contributed by atoms with E-state index in [1.807, 2.05) is 37.2 Å². The fourth-order valence-corrected chi connectivity index (χ4v) is 5.17. The number of allylic oxidation sites excluding steroid dienone is 1. The van der Waals surface area contributed by atoms with Crippen LogP contribution in [0, 0.1) is 23.1 Å². The van der Waals surface area contributed by atoms with Gasteiger partial charge in [0, 0.05) is 43.7 Å². The SMILES string of the molecule is CC1=C(C(=O)N2CCC(N)CC2)N=C(c2ccc(C#N)c(F)c2)C1CCc1ccc2nn(C)cc2c1. The van der Waals surface area contributed by atoms with E-state index in [9.17, 15) is 9.18 Å². The lowest BCUT2D eigenvalue weighted by molar-refractivity contribution is -0.128. The number of piperidine rings is 1. The molecule has 3 aromatic rings. The van der Waals surface area contributed by atoms with Crippen LogP contribution in [0.1, 0.15) is 42.9 Å². The summed E-state index contributed by atoms with van der Waals surface area (Å²) in [5, 5.41) is 14.7. The summed E-state index contributed by atoms with van der Waals surface area (Å²) in [6, 6.07) is 12.8. The fourth-order valence-electron chi connectivity index (χ4n) is 5.17. The van der Waals surface area contributed by atoms with Gasteiger partial charge in [-0.05, 0) is 73.6 Å². The molecule has 2 aromatic carbocycles. The Balaban J connectivity index is 1.45. The summed E-state index contributed by atoms with van der Waals surface area (Å²) in [4.78, 5) is 20.0. The van der Waals surface area contributed by atoms with Crippen molar-refractivity contribution in [2.45, 2.75) is 38.6 Å². The van der Waals surface area contributed by atoms with Crippen molar-refractivity contribution in [3.8, 4) is 6.07 Å². The van der Waals surface area contributed by atoms with Gasteiger partial charge in [0.25, 0.3) is 5.91 Å². The Morgan fingerprint density at radius 2 is 2.00 bits per heavy atom.